The van der Waals surface area contributed by atoms with Crippen LogP contribution >= 0.6 is 45.2 Å². The van der Waals surface area contributed by atoms with Gasteiger partial charge in [-0.05, 0) is 105 Å². The fourth-order valence-corrected chi connectivity index (χ4v) is 12.0. The molecule has 6 unspecified atom stereocenters. The van der Waals surface area contributed by atoms with E-state index in [9.17, 15) is 32.5 Å². The number of aromatic carboxylic acids is 1. The van der Waals surface area contributed by atoms with E-state index in [1.165, 1.54) is 30.3 Å². The lowest BCUT2D eigenvalue weighted by Crippen LogP contribution is -2.55. The van der Waals surface area contributed by atoms with Crippen LogP contribution in [0.15, 0.2) is 59.5 Å². The quantitative estimate of drug-likeness (QED) is 0.0833. The van der Waals surface area contributed by atoms with Gasteiger partial charge in [-0.3, -0.25) is 14.1 Å². The molecule has 15 heteroatoms. The summed E-state index contributed by atoms with van der Waals surface area (Å²) >= 11 is 3.60. The SMILES string of the molecule is O=C(O)c1ccc(OCCOC(=O)C2C(C(=O)OCCOc3cc(I)c(S(=O)(=O)O)c(I)c3)C3c4ccccc4C2C2CCCCC23)cc1O. The summed E-state index contributed by atoms with van der Waals surface area (Å²) in [5.74, 6) is -3.78. The van der Waals surface area contributed by atoms with E-state index in [2.05, 4.69) is 0 Å². The third kappa shape index (κ3) is 7.41. The average molecular weight is 933 g/mol. The number of halogens is 2. The van der Waals surface area contributed by atoms with Crippen LogP contribution in [-0.2, 0) is 29.2 Å². The van der Waals surface area contributed by atoms with Crippen LogP contribution in [0.3, 0.4) is 0 Å². The van der Waals surface area contributed by atoms with Crippen molar-refractivity contribution in [2.45, 2.75) is 42.4 Å². The molecule has 2 fully saturated rings. The second-order valence-corrected chi connectivity index (χ2v) is 16.2. The smallest absolute Gasteiger partial charge is 0.339 e. The zero-order valence-electron chi connectivity index (χ0n) is 26.5. The van der Waals surface area contributed by atoms with Crippen molar-refractivity contribution in [3.8, 4) is 17.2 Å². The molecule has 3 aromatic rings. The van der Waals surface area contributed by atoms with E-state index in [-0.39, 0.29) is 73.4 Å². The van der Waals surface area contributed by atoms with E-state index in [1.54, 1.807) is 45.2 Å². The van der Waals surface area contributed by atoms with Gasteiger partial charge in [0, 0.05) is 25.0 Å². The summed E-state index contributed by atoms with van der Waals surface area (Å²) in [4.78, 5) is 39.0. The molecule has 0 aliphatic heterocycles. The number of benzene rings is 3. The molecule has 7 rings (SSSR count). The lowest BCUT2D eigenvalue weighted by Gasteiger charge is -2.57. The van der Waals surface area contributed by atoms with Crippen LogP contribution in [0.4, 0.5) is 0 Å². The predicted octanol–water partition coefficient (Wildman–Crippen LogP) is 6.02. The number of ether oxygens (including phenoxy) is 4. The van der Waals surface area contributed by atoms with Gasteiger partial charge in [0.05, 0.1) is 11.8 Å². The summed E-state index contributed by atoms with van der Waals surface area (Å²) in [6.45, 7) is -0.328. The Morgan fingerprint density at radius 2 is 1.24 bits per heavy atom. The maximum absolute atomic E-state index is 14.0. The second kappa shape index (κ2) is 15.2. The fourth-order valence-electron chi connectivity index (χ4n) is 8.06. The average Bonchev–Trinajstić information content (AvgIpc) is 3.07. The minimum absolute atomic E-state index is 0.0258. The summed E-state index contributed by atoms with van der Waals surface area (Å²) in [6, 6.07) is 14.7. The number of carboxylic acids is 1. The Hall–Kier alpha value is -3.16. The van der Waals surface area contributed by atoms with Crippen LogP contribution in [0.1, 0.15) is 59.0 Å². The van der Waals surface area contributed by atoms with Gasteiger partial charge in [-0.25, -0.2) is 4.79 Å². The van der Waals surface area contributed by atoms with Gasteiger partial charge < -0.3 is 29.2 Å². The van der Waals surface area contributed by atoms with Crippen LogP contribution in [0.2, 0.25) is 0 Å². The summed E-state index contributed by atoms with van der Waals surface area (Å²) in [5, 5.41) is 19.1. The molecule has 0 aromatic heterocycles. The first-order valence-electron chi connectivity index (χ1n) is 16.1. The highest BCUT2D eigenvalue weighted by molar-refractivity contribution is 14.1. The van der Waals surface area contributed by atoms with E-state index in [0.29, 0.717) is 5.75 Å². The molecular formula is C35H34I2O12S. The molecule has 50 heavy (non-hydrogen) atoms. The molecular weight excluding hydrogens is 898 g/mol. The van der Waals surface area contributed by atoms with Crippen LogP contribution in [0.5, 0.6) is 17.2 Å². The van der Waals surface area contributed by atoms with Crippen molar-refractivity contribution < 1.29 is 56.5 Å². The Morgan fingerprint density at radius 1 is 0.740 bits per heavy atom. The number of carboxylic acid groups (broad SMARTS) is 1. The predicted molar refractivity (Wildman–Crippen MR) is 194 cm³/mol. The number of carbonyl (C=O) groups excluding carboxylic acids is 2. The highest BCUT2D eigenvalue weighted by atomic mass is 127. The van der Waals surface area contributed by atoms with Crippen molar-refractivity contribution in [2.75, 3.05) is 26.4 Å². The number of esters is 2. The number of carbonyl (C=O) groups is 3. The standard InChI is InChI=1S/C35H34I2O12S/c36-25-15-19(16-26(37)32(25)50(43,44)45)47-12-14-49-35(42)31-29-22-7-3-1-5-20(22)28(21-6-2-4-8-23(21)29)30(31)34(41)48-13-11-46-18-9-10-24(33(39)40)27(38)17-18/h1,3,5,7,9-10,15-17,21,23,28-31,38H,2,4,6,8,11-14H2,(H,39,40)(H,43,44,45). The molecule has 4 aliphatic carbocycles. The summed E-state index contributed by atoms with van der Waals surface area (Å²) in [5.41, 5.74) is 1.87. The van der Waals surface area contributed by atoms with Crippen LogP contribution < -0.4 is 9.47 Å². The molecule has 0 amide bonds. The van der Waals surface area contributed by atoms with Crippen LogP contribution in [-0.4, -0.2) is 67.5 Å². The van der Waals surface area contributed by atoms with E-state index in [4.69, 9.17) is 24.1 Å². The third-order valence-corrected chi connectivity index (χ3v) is 13.2. The minimum Gasteiger partial charge on any atom is -0.507 e. The fraction of sp³-hybridized carbons (Fsp3) is 0.400. The molecule has 6 atom stereocenters. The molecule has 2 saturated carbocycles. The largest absolute Gasteiger partial charge is 0.507 e. The lowest BCUT2D eigenvalue weighted by atomic mass is 9.46. The zero-order valence-corrected chi connectivity index (χ0v) is 31.6. The Bertz CT molecular complexity index is 1890. The molecule has 0 saturated heterocycles. The van der Waals surface area contributed by atoms with Gasteiger partial charge in [-0.2, -0.15) is 8.42 Å². The van der Waals surface area contributed by atoms with Crippen molar-refractivity contribution in [3.05, 3.63) is 78.4 Å². The number of fused-ring (bicyclic) bond motifs is 1. The molecule has 2 bridgehead atoms. The van der Waals surface area contributed by atoms with Crippen molar-refractivity contribution in [1.82, 2.24) is 0 Å². The summed E-state index contributed by atoms with van der Waals surface area (Å²) < 4.78 is 56.4. The Balaban J connectivity index is 1.16. The Kier molecular flexibility index (Phi) is 11.1. The van der Waals surface area contributed by atoms with E-state index < -0.39 is 45.6 Å². The summed E-state index contributed by atoms with van der Waals surface area (Å²) in [6.07, 6.45) is 4.00. The number of hydrogen-bond donors (Lipinski definition) is 3. The highest BCUT2D eigenvalue weighted by Crippen LogP contribution is 2.64. The van der Waals surface area contributed by atoms with Crippen molar-refractivity contribution in [1.29, 1.82) is 0 Å². The van der Waals surface area contributed by atoms with Gasteiger partial charge in [-0.1, -0.05) is 37.1 Å². The minimum atomic E-state index is -4.41. The summed E-state index contributed by atoms with van der Waals surface area (Å²) in [7, 11) is -4.41. The second-order valence-electron chi connectivity index (χ2n) is 12.6. The molecule has 0 heterocycles. The van der Waals surface area contributed by atoms with Gasteiger partial charge in [0.2, 0.25) is 0 Å². The molecule has 3 aromatic carbocycles. The Labute approximate surface area is 315 Å². The number of aromatic hydroxyl groups is 1. The van der Waals surface area contributed by atoms with Gasteiger partial charge in [0.1, 0.15) is 54.1 Å². The Morgan fingerprint density at radius 3 is 1.70 bits per heavy atom. The number of hydrogen-bond acceptors (Lipinski definition) is 10. The first-order valence-corrected chi connectivity index (χ1v) is 19.7. The van der Waals surface area contributed by atoms with Gasteiger partial charge in [0.15, 0.2) is 0 Å². The van der Waals surface area contributed by atoms with Crippen molar-refractivity contribution in [3.63, 3.8) is 0 Å². The molecule has 4 aliphatic rings. The van der Waals surface area contributed by atoms with Gasteiger partial charge in [-0.15, -0.1) is 0 Å². The number of rotatable bonds is 12. The van der Waals surface area contributed by atoms with Crippen LogP contribution in [0.25, 0.3) is 0 Å². The van der Waals surface area contributed by atoms with Gasteiger partial charge >= 0.3 is 17.9 Å². The van der Waals surface area contributed by atoms with E-state index in [0.717, 1.165) is 36.8 Å². The molecule has 3 N–H and O–H groups in total. The topological polar surface area (TPSA) is 183 Å². The van der Waals surface area contributed by atoms with E-state index in [1.807, 2.05) is 24.3 Å². The molecule has 0 radical (unpaired) electrons. The molecule has 12 nitrogen and oxygen atoms in total. The molecule has 0 spiro atoms. The maximum Gasteiger partial charge on any atom is 0.339 e. The normalized spacial score (nSPS) is 23.7. The first kappa shape index (κ1) is 36.6. The van der Waals surface area contributed by atoms with Crippen LogP contribution in [0, 0.1) is 30.8 Å². The zero-order chi connectivity index (χ0) is 35.7. The highest BCUT2D eigenvalue weighted by Gasteiger charge is 2.61. The van der Waals surface area contributed by atoms with E-state index >= 15 is 0 Å². The number of phenols is 1. The third-order valence-electron chi connectivity index (χ3n) is 9.84. The van der Waals surface area contributed by atoms with Gasteiger partial charge in [0.25, 0.3) is 10.1 Å². The lowest BCUT2D eigenvalue weighted by molar-refractivity contribution is -0.171. The molecule has 266 valence electrons. The monoisotopic (exact) mass is 932 g/mol. The van der Waals surface area contributed by atoms with Crippen molar-refractivity contribution >= 4 is 73.2 Å². The van der Waals surface area contributed by atoms with Crippen molar-refractivity contribution in [2.24, 2.45) is 23.7 Å². The maximum atomic E-state index is 14.0. The first-order chi connectivity index (χ1) is 23.9.